The smallest absolute Gasteiger partial charge is 0.339 e. The molecule has 0 bridgehead atoms. The molecular weight excluding hydrogens is 440 g/mol. The van der Waals surface area contributed by atoms with E-state index in [-0.39, 0.29) is 42.7 Å². The van der Waals surface area contributed by atoms with E-state index in [1.54, 1.807) is 12.5 Å². The predicted octanol–water partition coefficient (Wildman–Crippen LogP) is 3.14. The van der Waals surface area contributed by atoms with Crippen LogP contribution in [-0.4, -0.2) is 47.7 Å². The van der Waals surface area contributed by atoms with Gasteiger partial charge in [0, 0.05) is 28.7 Å². The summed E-state index contributed by atoms with van der Waals surface area (Å²) in [5, 5.41) is 0. The van der Waals surface area contributed by atoms with Crippen molar-refractivity contribution in [2.75, 3.05) is 6.61 Å². The summed E-state index contributed by atoms with van der Waals surface area (Å²) in [6, 6.07) is 1.81. The SMILES string of the molecule is CC1(C)O[C@H]2CC(=O)OC[C@@]23[C@@H]1CC(=O)[C@@]1(C)[C@@H]3CC[C@]2(C)[C@H](c3ccoc3)OC(=O)[C@@H]3O[C@]312. The fourth-order valence-electron chi connectivity index (χ4n) is 9.34. The van der Waals surface area contributed by atoms with Crippen LogP contribution < -0.4 is 0 Å². The third kappa shape index (κ3) is 2.02. The first kappa shape index (κ1) is 21.1. The van der Waals surface area contributed by atoms with E-state index in [2.05, 4.69) is 6.92 Å². The van der Waals surface area contributed by atoms with Gasteiger partial charge in [0.1, 0.15) is 24.1 Å². The topological polar surface area (TPSA) is 105 Å². The molecule has 2 aliphatic carbocycles. The highest BCUT2D eigenvalue weighted by Crippen LogP contribution is 2.79. The number of esters is 2. The van der Waals surface area contributed by atoms with Crippen molar-refractivity contribution in [1.29, 1.82) is 0 Å². The van der Waals surface area contributed by atoms with Crippen molar-refractivity contribution < 1.29 is 37.7 Å². The highest BCUT2D eigenvalue weighted by Gasteiger charge is 2.89. The number of cyclic esters (lactones) is 2. The molecule has 0 unspecified atom stereocenters. The van der Waals surface area contributed by atoms with Crippen LogP contribution in [-0.2, 0) is 33.3 Å². The molecule has 4 aliphatic heterocycles. The summed E-state index contributed by atoms with van der Waals surface area (Å²) >= 11 is 0. The number of rotatable bonds is 1. The van der Waals surface area contributed by atoms with Gasteiger partial charge in [-0.3, -0.25) is 9.59 Å². The number of fused-ring (bicyclic) bond motifs is 1. The molecule has 0 N–H and O–H groups in total. The third-order valence-corrected chi connectivity index (χ3v) is 10.7. The first-order valence-electron chi connectivity index (χ1n) is 12.3. The minimum absolute atomic E-state index is 0.0677. The Hall–Kier alpha value is -2.19. The molecule has 8 heteroatoms. The van der Waals surface area contributed by atoms with Crippen LogP contribution in [0.2, 0.25) is 0 Å². The van der Waals surface area contributed by atoms with Crippen molar-refractivity contribution >= 4 is 17.7 Å². The lowest BCUT2D eigenvalue weighted by Crippen LogP contribution is -2.72. The van der Waals surface area contributed by atoms with Crippen LogP contribution in [0, 0.1) is 28.1 Å². The zero-order valence-corrected chi connectivity index (χ0v) is 19.9. The molecule has 1 aromatic rings. The van der Waals surface area contributed by atoms with Crippen LogP contribution in [0.15, 0.2) is 23.0 Å². The largest absolute Gasteiger partial charge is 0.472 e. The van der Waals surface area contributed by atoms with Gasteiger partial charge in [-0.1, -0.05) is 6.92 Å². The number of ketones is 1. The molecule has 0 amide bonds. The van der Waals surface area contributed by atoms with Gasteiger partial charge in [0.15, 0.2) is 6.10 Å². The van der Waals surface area contributed by atoms with Gasteiger partial charge in [0.25, 0.3) is 0 Å². The summed E-state index contributed by atoms with van der Waals surface area (Å²) < 4.78 is 29.8. The van der Waals surface area contributed by atoms with E-state index in [4.69, 9.17) is 23.4 Å². The first-order chi connectivity index (χ1) is 16.0. The first-order valence-corrected chi connectivity index (χ1v) is 12.3. The standard InChI is InChI=1S/C26H30O8/c1-22(2)15-9-16(27)24(4)14(25(15)12-31-18(28)10-17(25)33-22)5-7-23(3)19(13-6-8-30-11-13)32-21(29)20-26(23,24)34-20/h6,8,11,14-15,17,19-20H,5,7,9-10,12H2,1-4H3/t14-,15+,17-,19-,20-,23+,24+,25+,26-/m0/s1. The van der Waals surface area contributed by atoms with Crippen LogP contribution in [0.5, 0.6) is 0 Å². The number of carbonyl (C=O) groups excluding carboxylic acids is 3. The number of hydrogen-bond acceptors (Lipinski definition) is 8. The molecule has 1 aromatic heterocycles. The summed E-state index contributed by atoms with van der Waals surface area (Å²) in [6.45, 7) is 8.36. The Morgan fingerprint density at radius 1 is 0.971 bits per heavy atom. The van der Waals surface area contributed by atoms with Gasteiger partial charge < -0.3 is 23.4 Å². The minimum Gasteiger partial charge on any atom is -0.472 e. The Morgan fingerprint density at radius 2 is 1.76 bits per heavy atom. The van der Waals surface area contributed by atoms with Crippen molar-refractivity contribution in [3.8, 4) is 0 Å². The van der Waals surface area contributed by atoms with Crippen LogP contribution in [0.4, 0.5) is 0 Å². The van der Waals surface area contributed by atoms with Gasteiger partial charge in [-0.15, -0.1) is 0 Å². The molecule has 6 fully saturated rings. The van der Waals surface area contributed by atoms with Crippen molar-refractivity contribution in [3.63, 3.8) is 0 Å². The third-order valence-electron chi connectivity index (χ3n) is 10.7. The summed E-state index contributed by atoms with van der Waals surface area (Å²) in [7, 11) is 0. The van der Waals surface area contributed by atoms with E-state index >= 15 is 0 Å². The predicted molar refractivity (Wildman–Crippen MR) is 114 cm³/mol. The number of furan rings is 1. The fraction of sp³-hybridized carbons (Fsp3) is 0.731. The molecule has 9 atom stereocenters. The summed E-state index contributed by atoms with van der Waals surface area (Å²) in [5.41, 5.74) is -2.78. The Bertz CT molecular complexity index is 1120. The van der Waals surface area contributed by atoms with Gasteiger partial charge in [-0.2, -0.15) is 0 Å². The highest BCUT2D eigenvalue weighted by atomic mass is 16.7. The van der Waals surface area contributed by atoms with Gasteiger partial charge in [-0.25, -0.2) is 4.79 Å². The van der Waals surface area contributed by atoms with Crippen LogP contribution in [0.1, 0.15) is 65.0 Å². The van der Waals surface area contributed by atoms with E-state index in [0.29, 0.717) is 12.8 Å². The van der Waals surface area contributed by atoms with E-state index < -0.39 is 45.6 Å². The van der Waals surface area contributed by atoms with Crippen LogP contribution in [0.25, 0.3) is 0 Å². The van der Waals surface area contributed by atoms with Crippen LogP contribution in [0.3, 0.4) is 0 Å². The molecule has 182 valence electrons. The lowest BCUT2D eigenvalue weighted by atomic mass is 9.37. The Morgan fingerprint density at radius 3 is 2.50 bits per heavy atom. The maximum absolute atomic E-state index is 14.2. The second kappa shape index (κ2) is 5.95. The number of carbonyl (C=O) groups is 3. The fourth-order valence-corrected chi connectivity index (χ4v) is 9.34. The van der Waals surface area contributed by atoms with E-state index in [0.717, 1.165) is 12.0 Å². The van der Waals surface area contributed by atoms with Crippen molar-refractivity contribution in [1.82, 2.24) is 0 Å². The molecule has 8 nitrogen and oxygen atoms in total. The summed E-state index contributed by atoms with van der Waals surface area (Å²) in [4.78, 5) is 39.7. The van der Waals surface area contributed by atoms with Gasteiger partial charge in [-0.05, 0) is 45.6 Å². The Labute approximate surface area is 197 Å². The molecule has 34 heavy (non-hydrogen) atoms. The number of ether oxygens (including phenoxy) is 4. The van der Waals surface area contributed by atoms with Crippen molar-refractivity contribution in [2.45, 2.75) is 82.9 Å². The lowest BCUT2D eigenvalue weighted by molar-refractivity contribution is -0.225. The maximum Gasteiger partial charge on any atom is 0.339 e. The van der Waals surface area contributed by atoms with Gasteiger partial charge in [0.2, 0.25) is 0 Å². The lowest BCUT2D eigenvalue weighted by Gasteiger charge is -2.65. The maximum atomic E-state index is 14.2. The Balaban J connectivity index is 1.41. The zero-order chi connectivity index (χ0) is 23.9. The average molecular weight is 471 g/mol. The minimum atomic E-state index is -0.976. The number of hydrogen-bond donors (Lipinski definition) is 0. The molecule has 0 aromatic carbocycles. The number of epoxide rings is 1. The molecule has 2 spiro atoms. The average Bonchev–Trinajstić information content (AvgIpc) is 3.26. The Kier molecular flexibility index (Phi) is 3.70. The summed E-state index contributed by atoms with van der Waals surface area (Å²) in [6.07, 6.45) is 3.46. The number of Topliss-reactive ketones (excluding diaryl/α,β-unsaturated/α-hetero) is 1. The van der Waals surface area contributed by atoms with E-state index in [1.165, 1.54) is 0 Å². The molecule has 2 saturated carbocycles. The second-order valence-corrected chi connectivity index (χ2v) is 12.2. The van der Waals surface area contributed by atoms with Crippen LogP contribution >= 0.6 is 0 Å². The quantitative estimate of drug-likeness (QED) is 0.455. The van der Waals surface area contributed by atoms with Crippen molar-refractivity contribution in [2.24, 2.45) is 28.1 Å². The van der Waals surface area contributed by atoms with Gasteiger partial charge in [0.05, 0.1) is 36.1 Å². The summed E-state index contributed by atoms with van der Waals surface area (Å²) in [5.74, 6) is -0.780. The molecule has 5 heterocycles. The highest BCUT2D eigenvalue weighted by molar-refractivity contribution is 5.93. The monoisotopic (exact) mass is 470 g/mol. The second-order valence-electron chi connectivity index (χ2n) is 12.2. The van der Waals surface area contributed by atoms with E-state index in [9.17, 15) is 14.4 Å². The molecular formula is C26H30O8. The van der Waals surface area contributed by atoms with Crippen molar-refractivity contribution in [3.05, 3.63) is 24.2 Å². The molecule has 6 aliphatic rings. The van der Waals surface area contributed by atoms with E-state index in [1.807, 2.05) is 26.8 Å². The molecule has 4 saturated heterocycles. The molecule has 7 rings (SSSR count). The van der Waals surface area contributed by atoms with Gasteiger partial charge >= 0.3 is 11.9 Å². The normalized spacial score (nSPS) is 52.4. The molecule has 0 radical (unpaired) electrons. The zero-order valence-electron chi connectivity index (χ0n) is 19.9.